The monoisotopic (exact) mass is 1130 g/mol. The van der Waals surface area contributed by atoms with E-state index in [9.17, 15) is 5.11 Å². The molecule has 12 aromatic carbocycles. The van der Waals surface area contributed by atoms with Crippen LogP contribution in [0.25, 0.3) is 87.6 Å². The number of hydrogen-bond acceptors (Lipinski definition) is 4. The predicted octanol–water partition coefficient (Wildman–Crippen LogP) is 24.4. The van der Waals surface area contributed by atoms with Crippen molar-refractivity contribution in [2.75, 3.05) is 9.80 Å². The minimum atomic E-state index is 0.193. The first-order valence-electron chi connectivity index (χ1n) is 32.4. The highest BCUT2D eigenvalue weighted by atomic mass is 16.3. The summed E-state index contributed by atoms with van der Waals surface area (Å²) in [6.07, 6.45) is 13.7. The van der Waals surface area contributed by atoms with Gasteiger partial charge < -0.3 is 19.3 Å². The van der Waals surface area contributed by atoms with Gasteiger partial charge in [-0.2, -0.15) is 0 Å². The molecule has 2 saturated carbocycles. The summed E-state index contributed by atoms with van der Waals surface area (Å²) in [4.78, 5) is 4.84. The molecule has 3 aliphatic carbocycles. The van der Waals surface area contributed by atoms with E-state index < -0.39 is 0 Å². The molecule has 4 nitrogen and oxygen atoms in total. The third-order valence-corrected chi connectivity index (χ3v) is 20.3. The number of rotatable bonds is 12. The van der Waals surface area contributed by atoms with Crippen LogP contribution in [0.4, 0.5) is 34.1 Å². The first kappa shape index (κ1) is 53.4. The molecule has 1 aromatic heterocycles. The summed E-state index contributed by atoms with van der Waals surface area (Å²) in [6, 6.07) is 79.4. The summed E-state index contributed by atoms with van der Waals surface area (Å²) >= 11 is 0. The van der Waals surface area contributed by atoms with E-state index in [-0.39, 0.29) is 11.7 Å². The van der Waals surface area contributed by atoms with E-state index in [0.717, 1.165) is 84.6 Å². The molecule has 0 spiro atoms. The van der Waals surface area contributed by atoms with Crippen LogP contribution in [0.3, 0.4) is 0 Å². The Hall–Kier alpha value is -9.12. The SMILES string of the molecule is CC(C)c1ccccc1-c1cccc(-c2cccc(N(c3ccc(C4CCCCC4)cc3)c3cc(C(C)C)c4ccc5c(N(c6ccc(C7CCCCC7)cc6)c6cccc7c6oc6c8c(ccc67)Cc6ccccc6-8)ccc6ccc3c4c65)c2O)c1. The van der Waals surface area contributed by atoms with Crippen molar-refractivity contribution in [2.24, 2.45) is 0 Å². The first-order valence-corrected chi connectivity index (χ1v) is 32.4. The molecular weight excluding hydrogens is 1060 g/mol. The van der Waals surface area contributed by atoms with E-state index in [1.165, 1.54) is 141 Å². The third-order valence-electron chi connectivity index (χ3n) is 20.3. The van der Waals surface area contributed by atoms with Gasteiger partial charge in [-0.05, 0) is 188 Å². The minimum Gasteiger partial charge on any atom is -0.505 e. The topological polar surface area (TPSA) is 39.9 Å². The second-order valence-corrected chi connectivity index (χ2v) is 26.1. The molecule has 0 saturated heterocycles. The van der Waals surface area contributed by atoms with Gasteiger partial charge >= 0.3 is 0 Å². The Bertz CT molecular complexity index is 4760. The number of hydrogen-bond donors (Lipinski definition) is 1. The van der Waals surface area contributed by atoms with E-state index in [4.69, 9.17) is 4.42 Å². The number of furan rings is 1. The lowest BCUT2D eigenvalue weighted by Crippen LogP contribution is -2.13. The summed E-state index contributed by atoms with van der Waals surface area (Å²) in [5, 5.41) is 22.6. The molecule has 2 fully saturated rings. The molecule has 13 aromatic rings. The first-order chi connectivity index (χ1) is 42.7. The van der Waals surface area contributed by atoms with E-state index >= 15 is 0 Å². The molecule has 428 valence electrons. The standard InChI is InChI=1S/C83H74N2O2/c1-51(2)64-25-13-14-26-65(64)58-23-15-24-60(48-58)67-28-16-30-75(81(67)86)85(63-41-34-56(35-42-63)54-20-9-6-10-21-54)77-50-73(52(3)4)68-45-46-71-74(47-38-57-36-44-72(77)80(68)78(57)71)84(62-39-32-55(33-40-62)53-18-7-5-8-19-53)76-31-17-29-69-70-43-37-61-49-59-22-11-12-27-66(59)79(61)83(70)87-82(69)76/h11-17,22-48,50-54,86H,5-10,18-21,49H2,1-4H3. The smallest absolute Gasteiger partial charge is 0.159 e. The Labute approximate surface area is 511 Å². The molecule has 0 aliphatic heterocycles. The Kier molecular flexibility index (Phi) is 13.3. The van der Waals surface area contributed by atoms with Crippen LogP contribution in [0, 0.1) is 0 Å². The maximum absolute atomic E-state index is 13.2. The molecule has 1 heterocycles. The Morgan fingerprint density at radius 1 is 0.391 bits per heavy atom. The van der Waals surface area contributed by atoms with Crippen molar-refractivity contribution >= 4 is 88.4 Å². The summed E-state index contributed by atoms with van der Waals surface area (Å²) in [5.41, 5.74) is 22.6. The zero-order chi connectivity index (χ0) is 58.4. The number of anilines is 6. The zero-order valence-electron chi connectivity index (χ0n) is 50.5. The summed E-state index contributed by atoms with van der Waals surface area (Å²) < 4.78 is 7.38. The normalized spacial score (nSPS) is 14.8. The van der Waals surface area contributed by atoms with Crippen LogP contribution < -0.4 is 9.80 Å². The maximum Gasteiger partial charge on any atom is 0.159 e. The number of benzene rings is 12. The molecule has 0 atom stereocenters. The van der Waals surface area contributed by atoms with Gasteiger partial charge in [0.25, 0.3) is 0 Å². The molecule has 0 bridgehead atoms. The average Bonchev–Trinajstić information content (AvgIpc) is 1.57. The van der Waals surface area contributed by atoms with Crippen molar-refractivity contribution in [3.05, 3.63) is 246 Å². The molecule has 3 aliphatic rings. The van der Waals surface area contributed by atoms with Crippen LogP contribution in [0.15, 0.2) is 217 Å². The molecule has 0 amide bonds. The van der Waals surface area contributed by atoms with E-state index in [0.29, 0.717) is 17.8 Å². The molecule has 16 rings (SSSR count). The average molecular weight is 1130 g/mol. The highest BCUT2D eigenvalue weighted by Crippen LogP contribution is 2.54. The van der Waals surface area contributed by atoms with Gasteiger partial charge in [0.05, 0.1) is 22.7 Å². The van der Waals surface area contributed by atoms with Gasteiger partial charge in [-0.15, -0.1) is 0 Å². The van der Waals surface area contributed by atoms with Gasteiger partial charge in [0, 0.05) is 44.0 Å². The van der Waals surface area contributed by atoms with Crippen LogP contribution >= 0.6 is 0 Å². The number of nitrogens with zero attached hydrogens (tertiary/aromatic N) is 2. The number of phenols is 1. The number of aromatic hydroxyl groups is 1. The van der Waals surface area contributed by atoms with Crippen molar-refractivity contribution in [3.8, 4) is 39.1 Å². The Morgan fingerprint density at radius 2 is 0.943 bits per heavy atom. The molecule has 1 N–H and O–H groups in total. The van der Waals surface area contributed by atoms with Gasteiger partial charge in [0.15, 0.2) is 5.58 Å². The van der Waals surface area contributed by atoms with Crippen molar-refractivity contribution in [2.45, 2.75) is 122 Å². The van der Waals surface area contributed by atoms with Crippen LogP contribution in [-0.2, 0) is 6.42 Å². The van der Waals surface area contributed by atoms with E-state index in [2.05, 4.69) is 250 Å². The number of fused-ring (bicyclic) bond motifs is 7. The molecule has 0 unspecified atom stereocenters. The lowest BCUT2D eigenvalue weighted by Gasteiger charge is -2.31. The van der Waals surface area contributed by atoms with Gasteiger partial charge in [0.2, 0.25) is 0 Å². The lowest BCUT2D eigenvalue weighted by atomic mass is 9.84. The lowest BCUT2D eigenvalue weighted by molar-refractivity contribution is 0.443. The van der Waals surface area contributed by atoms with E-state index in [1.807, 2.05) is 0 Å². The fourth-order valence-corrected chi connectivity index (χ4v) is 15.9. The summed E-state index contributed by atoms with van der Waals surface area (Å²) in [7, 11) is 0. The van der Waals surface area contributed by atoms with Crippen molar-refractivity contribution in [1.82, 2.24) is 0 Å². The van der Waals surface area contributed by atoms with Crippen LogP contribution in [-0.4, -0.2) is 5.11 Å². The maximum atomic E-state index is 13.2. The fraction of sp³-hybridized carbons (Fsp3) is 0.229. The fourth-order valence-electron chi connectivity index (χ4n) is 15.9. The number of para-hydroxylation sites is 2. The Morgan fingerprint density at radius 3 is 1.66 bits per heavy atom. The second kappa shape index (κ2) is 21.7. The largest absolute Gasteiger partial charge is 0.505 e. The van der Waals surface area contributed by atoms with Gasteiger partial charge in [0.1, 0.15) is 11.3 Å². The predicted molar refractivity (Wildman–Crippen MR) is 367 cm³/mol. The van der Waals surface area contributed by atoms with E-state index in [1.54, 1.807) is 0 Å². The highest BCUT2D eigenvalue weighted by molar-refractivity contribution is 6.29. The van der Waals surface area contributed by atoms with Crippen molar-refractivity contribution in [3.63, 3.8) is 0 Å². The minimum absolute atomic E-state index is 0.193. The zero-order valence-corrected chi connectivity index (χ0v) is 50.5. The van der Waals surface area contributed by atoms with Gasteiger partial charge in [-0.1, -0.05) is 224 Å². The molecule has 87 heavy (non-hydrogen) atoms. The second-order valence-electron chi connectivity index (χ2n) is 26.1. The van der Waals surface area contributed by atoms with Crippen LogP contribution in [0.5, 0.6) is 5.75 Å². The summed E-state index contributed by atoms with van der Waals surface area (Å²) in [6.45, 7) is 9.17. The van der Waals surface area contributed by atoms with Gasteiger partial charge in [-0.3, -0.25) is 0 Å². The number of phenolic OH excluding ortho intramolecular Hbond substituents is 1. The van der Waals surface area contributed by atoms with Crippen molar-refractivity contribution in [1.29, 1.82) is 0 Å². The quantitative estimate of drug-likeness (QED) is 0.124. The van der Waals surface area contributed by atoms with Gasteiger partial charge in [-0.25, -0.2) is 0 Å². The third kappa shape index (κ3) is 9.00. The molecule has 0 radical (unpaired) electrons. The molecule has 4 heteroatoms. The molecular formula is C83H74N2O2. The highest BCUT2D eigenvalue weighted by Gasteiger charge is 2.30. The summed E-state index contributed by atoms with van der Waals surface area (Å²) in [5.74, 6) is 1.96. The van der Waals surface area contributed by atoms with Crippen LogP contribution in [0.2, 0.25) is 0 Å². The Balaban J connectivity index is 0.913. The van der Waals surface area contributed by atoms with Crippen molar-refractivity contribution < 1.29 is 9.52 Å². The van der Waals surface area contributed by atoms with Crippen LogP contribution in [0.1, 0.15) is 149 Å².